The van der Waals surface area contributed by atoms with Gasteiger partial charge in [0, 0.05) is 11.6 Å². The third kappa shape index (κ3) is 2.58. The van der Waals surface area contributed by atoms with E-state index < -0.39 is 21.5 Å². The van der Waals surface area contributed by atoms with Crippen molar-refractivity contribution >= 4 is 32.3 Å². The number of benzene rings is 2. The second-order valence-corrected chi connectivity index (χ2v) is 7.28. The lowest BCUT2D eigenvalue weighted by Gasteiger charge is -2.09. The van der Waals surface area contributed by atoms with E-state index in [2.05, 4.69) is 4.98 Å². The van der Waals surface area contributed by atoms with Gasteiger partial charge in [-0.1, -0.05) is 29.8 Å². The summed E-state index contributed by atoms with van der Waals surface area (Å²) in [6, 6.07) is 7.67. The number of halogens is 3. The van der Waals surface area contributed by atoms with Gasteiger partial charge in [-0.05, 0) is 30.7 Å². The summed E-state index contributed by atoms with van der Waals surface area (Å²) in [4.78, 5) is 3.31. The third-order valence-corrected chi connectivity index (χ3v) is 5.78. The van der Waals surface area contributed by atoms with E-state index >= 15 is 0 Å². The van der Waals surface area contributed by atoms with Crippen molar-refractivity contribution in [2.45, 2.75) is 16.7 Å². The van der Waals surface area contributed by atoms with E-state index in [1.807, 2.05) is 0 Å². The Morgan fingerprint density at radius 1 is 1.09 bits per heavy atom. The smallest absolute Gasteiger partial charge is 0.209 e. The molecule has 0 aliphatic heterocycles. The Morgan fingerprint density at radius 3 is 2.52 bits per heavy atom. The molecule has 0 aliphatic carbocycles. The van der Waals surface area contributed by atoms with Crippen LogP contribution < -0.4 is 0 Å². The lowest BCUT2D eigenvalue weighted by atomic mass is 10.2. The molecule has 1 heterocycles. The monoisotopic (exact) mass is 353 g/mol. The van der Waals surface area contributed by atoms with E-state index in [9.17, 15) is 17.2 Å². The summed E-state index contributed by atoms with van der Waals surface area (Å²) in [6.45, 7) is 1.53. The van der Waals surface area contributed by atoms with Crippen molar-refractivity contribution in [3.8, 4) is 0 Å². The van der Waals surface area contributed by atoms with Crippen LogP contribution in [0, 0.1) is 18.6 Å². The van der Waals surface area contributed by atoms with Gasteiger partial charge in [-0.3, -0.25) is 4.98 Å². The summed E-state index contributed by atoms with van der Waals surface area (Å²) < 4.78 is 52.7. The largest absolute Gasteiger partial charge is 0.252 e. The fraction of sp³-hybridized carbons (Fsp3) is 0.0625. The number of para-hydroxylation sites is 1. The number of pyridine rings is 1. The van der Waals surface area contributed by atoms with Gasteiger partial charge in [0.2, 0.25) is 9.84 Å². The Balaban J connectivity index is 2.26. The van der Waals surface area contributed by atoms with E-state index in [1.165, 1.54) is 37.3 Å². The van der Waals surface area contributed by atoms with E-state index in [1.54, 1.807) is 0 Å². The van der Waals surface area contributed by atoms with Crippen molar-refractivity contribution < 1.29 is 17.2 Å². The molecule has 3 nitrogen and oxygen atoms in total. The fourth-order valence-corrected chi connectivity index (χ4v) is 3.99. The molecular formula is C16H10ClF2NO2S. The van der Waals surface area contributed by atoms with Crippen LogP contribution in [0.4, 0.5) is 8.78 Å². The predicted molar refractivity (Wildman–Crippen MR) is 83.3 cm³/mol. The third-order valence-electron chi connectivity index (χ3n) is 3.49. The second kappa shape index (κ2) is 5.54. The summed E-state index contributed by atoms with van der Waals surface area (Å²) in [7, 11) is -4.07. The maximum absolute atomic E-state index is 13.7. The molecular weight excluding hydrogens is 344 g/mol. The van der Waals surface area contributed by atoms with E-state index in [-0.39, 0.29) is 25.7 Å². The Hall–Kier alpha value is -2.05. The maximum atomic E-state index is 13.7. The van der Waals surface area contributed by atoms with Crippen LogP contribution in [0.2, 0.25) is 5.02 Å². The van der Waals surface area contributed by atoms with Crippen molar-refractivity contribution in [3.05, 3.63) is 64.8 Å². The average Bonchev–Trinajstić information content (AvgIpc) is 2.51. The number of rotatable bonds is 2. The van der Waals surface area contributed by atoms with Gasteiger partial charge in [0.25, 0.3) is 0 Å². The molecule has 1 aromatic heterocycles. The van der Waals surface area contributed by atoms with Crippen LogP contribution in [-0.2, 0) is 9.84 Å². The molecule has 7 heteroatoms. The molecule has 0 spiro atoms. The van der Waals surface area contributed by atoms with E-state index in [4.69, 9.17) is 11.6 Å². The number of hydrogen-bond donors (Lipinski definition) is 0. The molecule has 0 amide bonds. The number of nitrogens with zero attached hydrogens (tertiary/aromatic N) is 1. The quantitative estimate of drug-likeness (QED) is 0.689. The molecule has 0 fully saturated rings. The number of sulfone groups is 1. The number of fused-ring (bicyclic) bond motifs is 1. The van der Waals surface area contributed by atoms with Gasteiger partial charge in [-0.2, -0.15) is 0 Å². The van der Waals surface area contributed by atoms with Crippen LogP contribution in [0.15, 0.2) is 52.4 Å². The summed E-state index contributed by atoms with van der Waals surface area (Å²) in [6.07, 6.45) is 0.987. The number of hydrogen-bond acceptors (Lipinski definition) is 3. The molecule has 0 bridgehead atoms. The van der Waals surface area contributed by atoms with Crippen molar-refractivity contribution in [1.29, 1.82) is 0 Å². The van der Waals surface area contributed by atoms with Gasteiger partial charge in [0.05, 0.1) is 9.92 Å². The minimum absolute atomic E-state index is 0.0217. The van der Waals surface area contributed by atoms with Crippen LogP contribution in [0.3, 0.4) is 0 Å². The van der Waals surface area contributed by atoms with Crippen molar-refractivity contribution in [2.75, 3.05) is 0 Å². The average molecular weight is 354 g/mol. The maximum Gasteiger partial charge on any atom is 0.209 e. The highest BCUT2D eigenvalue weighted by atomic mass is 35.5. The molecule has 3 aromatic rings. The molecule has 0 atom stereocenters. The molecule has 2 aromatic carbocycles. The number of aryl methyl sites for hydroxylation is 1. The zero-order chi connectivity index (χ0) is 16.8. The summed E-state index contributed by atoms with van der Waals surface area (Å²) >= 11 is 6.14. The van der Waals surface area contributed by atoms with Gasteiger partial charge < -0.3 is 0 Å². The first kappa shape index (κ1) is 15.8. The van der Waals surface area contributed by atoms with Crippen molar-refractivity contribution in [1.82, 2.24) is 4.98 Å². The Morgan fingerprint density at radius 2 is 1.83 bits per heavy atom. The van der Waals surface area contributed by atoms with Gasteiger partial charge in [0.15, 0.2) is 0 Å². The highest BCUT2D eigenvalue weighted by Crippen LogP contribution is 2.33. The molecule has 0 saturated carbocycles. The zero-order valence-corrected chi connectivity index (χ0v) is 13.4. The lowest BCUT2D eigenvalue weighted by molar-refractivity contribution is 0.588. The molecule has 0 aliphatic rings. The van der Waals surface area contributed by atoms with Crippen LogP contribution in [0.1, 0.15) is 5.56 Å². The van der Waals surface area contributed by atoms with Crippen LogP contribution in [0.5, 0.6) is 0 Å². The molecule has 0 saturated heterocycles. The normalized spacial score (nSPS) is 11.8. The highest BCUT2D eigenvalue weighted by molar-refractivity contribution is 7.91. The summed E-state index contributed by atoms with van der Waals surface area (Å²) in [5.41, 5.74) is 0.306. The fourth-order valence-electron chi connectivity index (χ4n) is 2.19. The topological polar surface area (TPSA) is 47.0 Å². The molecule has 118 valence electrons. The molecule has 0 N–H and O–H groups in total. The van der Waals surface area contributed by atoms with E-state index in [0.29, 0.717) is 5.56 Å². The minimum Gasteiger partial charge on any atom is -0.252 e. The van der Waals surface area contributed by atoms with Gasteiger partial charge >= 0.3 is 0 Å². The number of aromatic nitrogens is 1. The first-order valence-corrected chi connectivity index (χ1v) is 8.42. The van der Waals surface area contributed by atoms with Crippen LogP contribution in [-0.4, -0.2) is 13.4 Å². The molecule has 3 rings (SSSR count). The Labute approximate surface area is 136 Å². The standard InChI is InChI=1S/C16H10ClF2NO2S/c1-9-5-6-10(7-13(9)19)23(21,22)14-8-20-16-11(15(14)17)3-2-4-12(16)18/h2-8H,1H3. The molecule has 23 heavy (non-hydrogen) atoms. The van der Waals surface area contributed by atoms with E-state index in [0.717, 1.165) is 12.3 Å². The van der Waals surface area contributed by atoms with Crippen LogP contribution >= 0.6 is 11.6 Å². The van der Waals surface area contributed by atoms with Gasteiger partial charge in [-0.15, -0.1) is 0 Å². The van der Waals surface area contributed by atoms with Crippen molar-refractivity contribution in [3.63, 3.8) is 0 Å². The zero-order valence-electron chi connectivity index (χ0n) is 11.8. The lowest BCUT2D eigenvalue weighted by Crippen LogP contribution is -2.05. The molecule has 0 radical (unpaired) electrons. The van der Waals surface area contributed by atoms with Gasteiger partial charge in [0.1, 0.15) is 22.0 Å². The highest BCUT2D eigenvalue weighted by Gasteiger charge is 2.24. The Kier molecular flexibility index (Phi) is 3.82. The van der Waals surface area contributed by atoms with Crippen LogP contribution in [0.25, 0.3) is 10.9 Å². The minimum atomic E-state index is -4.07. The molecule has 0 unspecified atom stereocenters. The first-order valence-electron chi connectivity index (χ1n) is 6.56. The predicted octanol–water partition coefficient (Wildman–Crippen LogP) is 4.31. The van der Waals surface area contributed by atoms with Gasteiger partial charge in [-0.25, -0.2) is 17.2 Å². The first-order chi connectivity index (χ1) is 10.8. The summed E-state index contributed by atoms with van der Waals surface area (Å²) in [5, 5.41) is 0.0378. The second-order valence-electron chi connectivity index (χ2n) is 4.99. The Bertz CT molecular complexity index is 1040. The van der Waals surface area contributed by atoms with Crippen molar-refractivity contribution in [2.24, 2.45) is 0 Å². The summed E-state index contributed by atoms with van der Waals surface area (Å²) in [5.74, 6) is -1.24. The SMILES string of the molecule is Cc1ccc(S(=O)(=O)c2cnc3c(F)cccc3c2Cl)cc1F.